The van der Waals surface area contributed by atoms with E-state index in [9.17, 15) is 4.79 Å². The van der Waals surface area contributed by atoms with Crippen LogP contribution in [0.3, 0.4) is 0 Å². The van der Waals surface area contributed by atoms with E-state index in [0.29, 0.717) is 19.4 Å². The number of para-hydroxylation sites is 1. The number of aryl methyl sites for hydroxylation is 3. The predicted molar refractivity (Wildman–Crippen MR) is 83.7 cm³/mol. The zero-order valence-electron chi connectivity index (χ0n) is 12.8. The number of aromatic nitrogens is 2. The molecule has 2 heterocycles. The number of nitrogens with one attached hydrogen (secondary N) is 1. The molecular weight excluding hydrogens is 278 g/mol. The average molecular weight is 299 g/mol. The standard InChI is InChI=1S/C17H21N3O2/c1-20-12-13(10-19-20)6-9-17(21)18-11-15-8-7-14-4-2-3-5-16(14)22-15/h2-5,10,12,15H,6-9,11H2,1H3,(H,18,21)/t15-/m1/s1. The first-order chi connectivity index (χ1) is 10.7. The SMILES string of the molecule is Cn1cc(CCC(=O)NC[C@H]2CCc3ccccc3O2)cn1. The van der Waals surface area contributed by atoms with Crippen LogP contribution in [0, 0.1) is 0 Å². The molecule has 1 aliphatic heterocycles. The first-order valence-corrected chi connectivity index (χ1v) is 7.69. The monoisotopic (exact) mass is 299 g/mol. The van der Waals surface area contributed by atoms with E-state index in [4.69, 9.17) is 4.74 Å². The first kappa shape index (κ1) is 14.6. The summed E-state index contributed by atoms with van der Waals surface area (Å²) in [6.07, 6.45) is 6.95. The average Bonchev–Trinajstić information content (AvgIpc) is 2.96. The van der Waals surface area contributed by atoms with Crippen molar-refractivity contribution in [1.82, 2.24) is 15.1 Å². The van der Waals surface area contributed by atoms with Gasteiger partial charge in [-0.25, -0.2) is 0 Å². The Morgan fingerprint density at radius 2 is 2.32 bits per heavy atom. The molecule has 1 aromatic carbocycles. The van der Waals surface area contributed by atoms with Crippen molar-refractivity contribution < 1.29 is 9.53 Å². The van der Waals surface area contributed by atoms with Crippen molar-refractivity contribution in [2.45, 2.75) is 31.8 Å². The lowest BCUT2D eigenvalue weighted by molar-refractivity contribution is -0.121. The van der Waals surface area contributed by atoms with Gasteiger partial charge in [-0.1, -0.05) is 18.2 Å². The number of nitrogens with zero attached hydrogens (tertiary/aromatic N) is 2. The van der Waals surface area contributed by atoms with Crippen molar-refractivity contribution >= 4 is 5.91 Å². The van der Waals surface area contributed by atoms with Crippen LogP contribution in [0.25, 0.3) is 0 Å². The van der Waals surface area contributed by atoms with Crippen LogP contribution in [-0.4, -0.2) is 28.3 Å². The van der Waals surface area contributed by atoms with Gasteiger partial charge in [-0.3, -0.25) is 9.48 Å². The van der Waals surface area contributed by atoms with Crippen molar-refractivity contribution in [3.63, 3.8) is 0 Å². The predicted octanol–water partition coefficient (Wildman–Crippen LogP) is 1.86. The summed E-state index contributed by atoms with van der Waals surface area (Å²) >= 11 is 0. The second kappa shape index (κ2) is 6.64. The van der Waals surface area contributed by atoms with Gasteiger partial charge in [0, 0.05) is 19.7 Å². The minimum Gasteiger partial charge on any atom is -0.488 e. The van der Waals surface area contributed by atoms with Crippen LogP contribution in [0.4, 0.5) is 0 Å². The molecule has 1 N–H and O–H groups in total. The zero-order chi connectivity index (χ0) is 15.4. The number of rotatable bonds is 5. The summed E-state index contributed by atoms with van der Waals surface area (Å²) in [6, 6.07) is 8.10. The van der Waals surface area contributed by atoms with Gasteiger partial charge in [-0.15, -0.1) is 0 Å². The van der Waals surface area contributed by atoms with E-state index in [1.54, 1.807) is 10.9 Å². The summed E-state index contributed by atoms with van der Waals surface area (Å²) < 4.78 is 7.67. The molecule has 1 aliphatic rings. The molecule has 0 aliphatic carbocycles. The Bertz CT molecular complexity index is 651. The smallest absolute Gasteiger partial charge is 0.220 e. The molecule has 0 saturated heterocycles. The minimum absolute atomic E-state index is 0.0614. The van der Waals surface area contributed by atoms with Gasteiger partial charge in [-0.05, 0) is 36.5 Å². The van der Waals surface area contributed by atoms with Crippen LogP contribution in [0.1, 0.15) is 24.0 Å². The van der Waals surface area contributed by atoms with Crippen LogP contribution >= 0.6 is 0 Å². The molecule has 5 heteroatoms. The molecule has 0 spiro atoms. The van der Waals surface area contributed by atoms with Gasteiger partial charge >= 0.3 is 0 Å². The second-order valence-corrected chi connectivity index (χ2v) is 5.71. The number of ether oxygens (including phenoxy) is 1. The molecule has 0 saturated carbocycles. The number of amides is 1. The van der Waals surface area contributed by atoms with E-state index < -0.39 is 0 Å². The van der Waals surface area contributed by atoms with Gasteiger partial charge in [0.15, 0.2) is 0 Å². The lowest BCUT2D eigenvalue weighted by Crippen LogP contribution is -2.37. The summed E-state index contributed by atoms with van der Waals surface area (Å²) in [7, 11) is 1.88. The molecular formula is C17H21N3O2. The molecule has 2 aromatic rings. The Balaban J connectivity index is 1.42. The molecule has 0 unspecified atom stereocenters. The Labute approximate surface area is 130 Å². The second-order valence-electron chi connectivity index (χ2n) is 5.71. The van der Waals surface area contributed by atoms with Crippen molar-refractivity contribution in [2.75, 3.05) is 6.54 Å². The van der Waals surface area contributed by atoms with E-state index in [2.05, 4.69) is 16.5 Å². The molecule has 0 radical (unpaired) electrons. The summed E-state index contributed by atoms with van der Waals surface area (Å²) in [4.78, 5) is 11.9. The Morgan fingerprint density at radius 1 is 1.45 bits per heavy atom. The number of carbonyl (C=O) groups excluding carboxylic acids is 1. The maximum Gasteiger partial charge on any atom is 0.220 e. The van der Waals surface area contributed by atoms with Crippen LogP contribution in [-0.2, 0) is 24.7 Å². The first-order valence-electron chi connectivity index (χ1n) is 7.69. The lowest BCUT2D eigenvalue weighted by atomic mass is 10.0. The Morgan fingerprint density at radius 3 is 3.14 bits per heavy atom. The van der Waals surface area contributed by atoms with E-state index in [-0.39, 0.29) is 12.0 Å². The summed E-state index contributed by atoms with van der Waals surface area (Å²) in [6.45, 7) is 0.570. The fraction of sp³-hybridized carbons (Fsp3) is 0.412. The normalized spacial score (nSPS) is 16.7. The maximum absolute atomic E-state index is 11.9. The summed E-state index contributed by atoms with van der Waals surface area (Å²) in [5.74, 6) is 1.01. The summed E-state index contributed by atoms with van der Waals surface area (Å²) in [5, 5.41) is 7.07. The molecule has 5 nitrogen and oxygen atoms in total. The fourth-order valence-corrected chi connectivity index (χ4v) is 2.70. The Kier molecular flexibility index (Phi) is 4.42. The van der Waals surface area contributed by atoms with Gasteiger partial charge in [0.2, 0.25) is 5.91 Å². The highest BCUT2D eigenvalue weighted by molar-refractivity contribution is 5.76. The van der Waals surface area contributed by atoms with Gasteiger partial charge in [0.25, 0.3) is 0 Å². The van der Waals surface area contributed by atoms with Crippen molar-refractivity contribution in [1.29, 1.82) is 0 Å². The Hall–Kier alpha value is -2.30. The number of fused-ring (bicyclic) bond motifs is 1. The molecule has 116 valence electrons. The van der Waals surface area contributed by atoms with E-state index in [1.807, 2.05) is 31.4 Å². The van der Waals surface area contributed by atoms with E-state index in [1.165, 1.54) is 5.56 Å². The molecule has 3 rings (SSSR count). The van der Waals surface area contributed by atoms with Crippen LogP contribution in [0.5, 0.6) is 5.75 Å². The third-order valence-corrected chi connectivity index (χ3v) is 3.93. The molecule has 1 aromatic heterocycles. The topological polar surface area (TPSA) is 56.2 Å². The molecule has 0 fully saturated rings. The van der Waals surface area contributed by atoms with Crippen molar-refractivity contribution in [3.8, 4) is 5.75 Å². The highest BCUT2D eigenvalue weighted by Gasteiger charge is 2.19. The maximum atomic E-state index is 11.9. The fourth-order valence-electron chi connectivity index (χ4n) is 2.70. The number of hydrogen-bond acceptors (Lipinski definition) is 3. The van der Waals surface area contributed by atoms with Gasteiger partial charge in [-0.2, -0.15) is 5.10 Å². The largest absolute Gasteiger partial charge is 0.488 e. The van der Waals surface area contributed by atoms with Gasteiger partial charge < -0.3 is 10.1 Å². The van der Waals surface area contributed by atoms with Crippen molar-refractivity contribution in [2.24, 2.45) is 7.05 Å². The zero-order valence-corrected chi connectivity index (χ0v) is 12.8. The molecule has 1 atom stereocenters. The van der Waals surface area contributed by atoms with Gasteiger partial charge in [0.05, 0.1) is 12.7 Å². The van der Waals surface area contributed by atoms with E-state index in [0.717, 1.165) is 24.2 Å². The highest BCUT2D eigenvalue weighted by atomic mass is 16.5. The number of benzene rings is 1. The number of carbonyl (C=O) groups is 1. The third-order valence-electron chi connectivity index (χ3n) is 3.93. The van der Waals surface area contributed by atoms with Crippen LogP contribution in [0.2, 0.25) is 0 Å². The molecule has 22 heavy (non-hydrogen) atoms. The van der Waals surface area contributed by atoms with Crippen molar-refractivity contribution in [3.05, 3.63) is 47.8 Å². The molecule has 1 amide bonds. The van der Waals surface area contributed by atoms with E-state index >= 15 is 0 Å². The van der Waals surface area contributed by atoms with Gasteiger partial charge in [0.1, 0.15) is 11.9 Å². The number of hydrogen-bond donors (Lipinski definition) is 1. The highest BCUT2D eigenvalue weighted by Crippen LogP contribution is 2.26. The van der Waals surface area contributed by atoms with Crippen LogP contribution in [0.15, 0.2) is 36.7 Å². The quantitative estimate of drug-likeness (QED) is 0.917. The summed E-state index contributed by atoms with van der Waals surface area (Å²) in [5.41, 5.74) is 2.34. The minimum atomic E-state index is 0.0614. The third kappa shape index (κ3) is 3.67. The molecule has 0 bridgehead atoms. The van der Waals surface area contributed by atoms with Crippen LogP contribution < -0.4 is 10.1 Å². The lowest BCUT2D eigenvalue weighted by Gasteiger charge is -2.26.